The summed E-state index contributed by atoms with van der Waals surface area (Å²) in [5.41, 5.74) is 5.84. The number of hydrogen-bond donors (Lipinski definition) is 1. The molecule has 4 heteroatoms. The molecule has 0 spiro atoms. The normalized spacial score (nSPS) is 12.4. The van der Waals surface area contributed by atoms with Crippen LogP contribution in [0, 0.1) is 0 Å². The van der Waals surface area contributed by atoms with Crippen molar-refractivity contribution in [3.05, 3.63) is 35.9 Å². The first-order valence-corrected chi connectivity index (χ1v) is 5.06. The van der Waals surface area contributed by atoms with Gasteiger partial charge >= 0.3 is 0 Å². The highest BCUT2D eigenvalue weighted by Gasteiger charge is 2.21. The second kappa shape index (κ2) is 5.42. The third-order valence-electron chi connectivity index (χ3n) is 2.43. The number of hydrogen-bond acceptors (Lipinski definition) is 3. The number of ketones is 1. The Hall–Kier alpha value is -1.68. The van der Waals surface area contributed by atoms with Crippen molar-refractivity contribution in [1.82, 2.24) is 4.90 Å². The van der Waals surface area contributed by atoms with Crippen molar-refractivity contribution in [1.29, 1.82) is 0 Å². The van der Waals surface area contributed by atoms with E-state index in [0.717, 1.165) is 0 Å². The van der Waals surface area contributed by atoms with Crippen LogP contribution in [0.3, 0.4) is 0 Å². The van der Waals surface area contributed by atoms with Gasteiger partial charge in [0.1, 0.15) is 0 Å². The quantitative estimate of drug-likeness (QED) is 0.742. The molecule has 4 nitrogen and oxygen atoms in total. The number of Topliss-reactive ketones (excluding diaryl/α,β-unsaturated/α-hetero) is 1. The molecule has 1 unspecified atom stereocenters. The van der Waals surface area contributed by atoms with E-state index in [1.54, 1.807) is 43.3 Å². The molecular weight excluding hydrogens is 204 g/mol. The largest absolute Gasteiger partial charge is 0.368 e. The van der Waals surface area contributed by atoms with Crippen LogP contribution in [-0.4, -0.2) is 36.7 Å². The number of likely N-dealkylation sites (N-methyl/N-ethyl adjacent to an activating group) is 1. The van der Waals surface area contributed by atoms with Crippen LogP contribution in [0.15, 0.2) is 30.3 Å². The minimum absolute atomic E-state index is 0.0712. The van der Waals surface area contributed by atoms with Crippen LogP contribution in [0.4, 0.5) is 0 Å². The third-order valence-corrected chi connectivity index (χ3v) is 2.43. The van der Waals surface area contributed by atoms with Crippen LogP contribution in [0.1, 0.15) is 16.8 Å². The first kappa shape index (κ1) is 12.4. The Morgan fingerprint density at radius 1 is 1.25 bits per heavy atom. The summed E-state index contributed by atoms with van der Waals surface area (Å²) in [6, 6.07) is 8.35. The zero-order chi connectivity index (χ0) is 12.1. The number of carbonyl (C=O) groups excluding carboxylic acids is 2. The van der Waals surface area contributed by atoms with Gasteiger partial charge in [0, 0.05) is 12.0 Å². The van der Waals surface area contributed by atoms with E-state index in [1.165, 1.54) is 0 Å². The predicted molar refractivity (Wildman–Crippen MR) is 62.1 cm³/mol. The van der Waals surface area contributed by atoms with E-state index in [4.69, 9.17) is 5.73 Å². The number of benzene rings is 1. The monoisotopic (exact) mass is 220 g/mol. The standard InChI is InChI=1S/C12H16N2O2/c1-14(2)10(12(13)16)8-11(15)9-6-4-3-5-7-9/h3-7,10H,8H2,1-2H3,(H2,13,16). The van der Waals surface area contributed by atoms with Crippen molar-refractivity contribution in [3.63, 3.8) is 0 Å². The Morgan fingerprint density at radius 2 is 1.81 bits per heavy atom. The SMILES string of the molecule is CN(C)C(CC(=O)c1ccccc1)C(N)=O. The van der Waals surface area contributed by atoms with E-state index >= 15 is 0 Å². The molecular formula is C12H16N2O2. The molecule has 1 atom stereocenters. The molecule has 86 valence electrons. The van der Waals surface area contributed by atoms with Crippen LogP contribution in [0.2, 0.25) is 0 Å². The van der Waals surface area contributed by atoms with Crippen molar-refractivity contribution < 1.29 is 9.59 Å². The number of nitrogens with zero attached hydrogens (tertiary/aromatic N) is 1. The molecule has 0 bridgehead atoms. The summed E-state index contributed by atoms with van der Waals surface area (Å²) in [6.07, 6.45) is 0.117. The Kier molecular flexibility index (Phi) is 4.19. The summed E-state index contributed by atoms with van der Waals surface area (Å²) in [6.45, 7) is 0. The highest BCUT2D eigenvalue weighted by atomic mass is 16.2. The first-order valence-electron chi connectivity index (χ1n) is 5.06. The van der Waals surface area contributed by atoms with E-state index in [1.807, 2.05) is 6.07 Å². The van der Waals surface area contributed by atoms with Gasteiger partial charge < -0.3 is 5.73 Å². The topological polar surface area (TPSA) is 63.4 Å². The maximum atomic E-state index is 11.8. The molecule has 0 aliphatic heterocycles. The first-order chi connectivity index (χ1) is 7.52. The maximum Gasteiger partial charge on any atom is 0.235 e. The summed E-state index contributed by atoms with van der Waals surface area (Å²) in [5.74, 6) is -0.549. The number of amides is 1. The van der Waals surface area contributed by atoms with Gasteiger partial charge in [0.05, 0.1) is 6.04 Å². The van der Waals surface area contributed by atoms with Crippen molar-refractivity contribution in [2.75, 3.05) is 14.1 Å². The number of rotatable bonds is 5. The number of carbonyl (C=O) groups is 2. The Labute approximate surface area is 95.0 Å². The van der Waals surface area contributed by atoms with Crippen LogP contribution >= 0.6 is 0 Å². The van der Waals surface area contributed by atoms with Crippen LogP contribution < -0.4 is 5.73 Å². The molecule has 0 heterocycles. The van der Waals surface area contributed by atoms with E-state index in [-0.39, 0.29) is 12.2 Å². The van der Waals surface area contributed by atoms with E-state index < -0.39 is 11.9 Å². The highest BCUT2D eigenvalue weighted by molar-refractivity contribution is 5.99. The summed E-state index contributed by atoms with van der Waals surface area (Å²) < 4.78 is 0. The average molecular weight is 220 g/mol. The lowest BCUT2D eigenvalue weighted by molar-refractivity contribution is -0.122. The molecule has 0 saturated heterocycles. The Bertz CT molecular complexity index is 374. The molecule has 0 aliphatic carbocycles. The van der Waals surface area contributed by atoms with Gasteiger partial charge in [-0.05, 0) is 14.1 Å². The average Bonchev–Trinajstić information content (AvgIpc) is 2.25. The van der Waals surface area contributed by atoms with Crippen molar-refractivity contribution in [3.8, 4) is 0 Å². The van der Waals surface area contributed by atoms with Gasteiger partial charge in [-0.15, -0.1) is 0 Å². The molecule has 1 aromatic rings. The predicted octanol–water partition coefficient (Wildman–Crippen LogP) is 0.675. The molecule has 0 radical (unpaired) electrons. The summed E-state index contributed by atoms with van der Waals surface area (Å²) in [5, 5.41) is 0. The van der Waals surface area contributed by atoms with Crippen LogP contribution in [0.5, 0.6) is 0 Å². The second-order valence-corrected chi connectivity index (χ2v) is 3.88. The Morgan fingerprint density at radius 3 is 2.25 bits per heavy atom. The van der Waals surface area contributed by atoms with Gasteiger partial charge in [-0.1, -0.05) is 30.3 Å². The Balaban J connectivity index is 2.74. The lowest BCUT2D eigenvalue weighted by Crippen LogP contribution is -2.41. The second-order valence-electron chi connectivity index (χ2n) is 3.88. The molecule has 16 heavy (non-hydrogen) atoms. The van der Waals surface area contributed by atoms with E-state index in [0.29, 0.717) is 5.56 Å². The smallest absolute Gasteiger partial charge is 0.235 e. The number of nitrogens with two attached hydrogens (primary N) is 1. The van der Waals surface area contributed by atoms with Gasteiger partial charge in [0.25, 0.3) is 0 Å². The van der Waals surface area contributed by atoms with Gasteiger partial charge in [-0.25, -0.2) is 0 Å². The summed E-state index contributed by atoms with van der Waals surface area (Å²) in [7, 11) is 3.46. The fourth-order valence-electron chi connectivity index (χ4n) is 1.46. The zero-order valence-corrected chi connectivity index (χ0v) is 9.51. The molecule has 1 amide bonds. The lowest BCUT2D eigenvalue weighted by atomic mass is 10.0. The molecule has 1 rings (SSSR count). The zero-order valence-electron chi connectivity index (χ0n) is 9.51. The molecule has 1 aromatic carbocycles. The van der Waals surface area contributed by atoms with Gasteiger partial charge in [0.15, 0.2) is 5.78 Å². The minimum atomic E-state index is -0.548. The van der Waals surface area contributed by atoms with Gasteiger partial charge in [0.2, 0.25) is 5.91 Å². The third kappa shape index (κ3) is 3.17. The number of primary amides is 1. The molecule has 0 aliphatic rings. The molecule has 0 saturated carbocycles. The van der Waals surface area contributed by atoms with Gasteiger partial charge in [-0.2, -0.15) is 0 Å². The molecule has 2 N–H and O–H groups in total. The molecule has 0 aromatic heterocycles. The van der Waals surface area contributed by atoms with Crippen LogP contribution in [-0.2, 0) is 4.79 Å². The summed E-state index contributed by atoms with van der Waals surface area (Å²) >= 11 is 0. The lowest BCUT2D eigenvalue weighted by Gasteiger charge is -2.20. The van der Waals surface area contributed by atoms with Crippen molar-refractivity contribution >= 4 is 11.7 Å². The van der Waals surface area contributed by atoms with Crippen molar-refractivity contribution in [2.24, 2.45) is 5.73 Å². The van der Waals surface area contributed by atoms with Gasteiger partial charge in [-0.3, -0.25) is 14.5 Å². The fraction of sp³-hybridized carbons (Fsp3) is 0.333. The minimum Gasteiger partial charge on any atom is -0.368 e. The highest BCUT2D eigenvalue weighted by Crippen LogP contribution is 2.08. The van der Waals surface area contributed by atoms with E-state index in [9.17, 15) is 9.59 Å². The van der Waals surface area contributed by atoms with E-state index in [2.05, 4.69) is 0 Å². The maximum absolute atomic E-state index is 11.8. The summed E-state index contributed by atoms with van der Waals surface area (Å²) in [4.78, 5) is 24.6. The van der Waals surface area contributed by atoms with Crippen molar-refractivity contribution in [2.45, 2.75) is 12.5 Å². The fourth-order valence-corrected chi connectivity index (χ4v) is 1.46. The van der Waals surface area contributed by atoms with Crippen LogP contribution in [0.25, 0.3) is 0 Å². The molecule has 0 fully saturated rings.